The third-order valence-corrected chi connectivity index (χ3v) is 5.02. The fourth-order valence-electron chi connectivity index (χ4n) is 3.32. The van der Waals surface area contributed by atoms with Crippen molar-refractivity contribution in [1.82, 2.24) is 19.9 Å². The number of H-pyrrole nitrogens is 1. The van der Waals surface area contributed by atoms with Gasteiger partial charge in [-0.25, -0.2) is 4.98 Å². The number of carbonyl (C=O) groups excluding carboxylic acids is 1. The summed E-state index contributed by atoms with van der Waals surface area (Å²) in [5.41, 5.74) is 4.89. The molecule has 0 aliphatic carbocycles. The molecular formula is C23H22N4O3. The molecule has 3 aromatic heterocycles. The number of ether oxygens (including phenoxy) is 1. The van der Waals surface area contributed by atoms with E-state index in [4.69, 9.17) is 4.74 Å². The Morgan fingerprint density at radius 1 is 1.07 bits per heavy atom. The Bertz CT molecular complexity index is 1200. The number of pyridine rings is 2. The quantitative estimate of drug-likeness (QED) is 0.534. The molecule has 30 heavy (non-hydrogen) atoms. The summed E-state index contributed by atoms with van der Waals surface area (Å²) in [6, 6.07) is 11.6. The smallest absolute Gasteiger partial charge is 0.255 e. The van der Waals surface area contributed by atoms with Gasteiger partial charge in [-0.1, -0.05) is 12.1 Å². The first-order valence-electron chi connectivity index (χ1n) is 9.44. The van der Waals surface area contributed by atoms with E-state index >= 15 is 0 Å². The number of methoxy groups -OCH3 is 1. The normalized spacial score (nSPS) is 12.0. The van der Waals surface area contributed by atoms with E-state index in [0.29, 0.717) is 5.56 Å². The molecule has 3 heterocycles. The Morgan fingerprint density at radius 3 is 2.50 bits per heavy atom. The molecule has 4 aromatic rings. The zero-order valence-corrected chi connectivity index (χ0v) is 17.0. The molecule has 2 N–H and O–H groups in total. The first-order valence-corrected chi connectivity index (χ1v) is 9.44. The van der Waals surface area contributed by atoms with Crippen LogP contribution >= 0.6 is 0 Å². The monoisotopic (exact) mass is 402 g/mol. The Morgan fingerprint density at radius 2 is 1.80 bits per heavy atom. The summed E-state index contributed by atoms with van der Waals surface area (Å²) < 4.78 is 5.24. The standard InChI is InChI=1S/C23H22N4O3/c1-27(2)23(29)21(28)17-8-15(10-24-11-17)16-9-19-20(13-26-22(19)25-12-16)14-4-6-18(30-3)7-5-14/h4-13,21,28H,1-3H3,(H,25,26). The van der Waals surface area contributed by atoms with Gasteiger partial charge >= 0.3 is 0 Å². The van der Waals surface area contributed by atoms with Gasteiger partial charge in [-0.2, -0.15) is 0 Å². The second-order valence-corrected chi connectivity index (χ2v) is 7.19. The molecule has 7 heteroatoms. The first kappa shape index (κ1) is 19.6. The average molecular weight is 402 g/mol. The number of aliphatic hydroxyl groups is 1. The van der Waals surface area contributed by atoms with Gasteiger partial charge in [0.25, 0.3) is 5.91 Å². The van der Waals surface area contributed by atoms with Crippen molar-refractivity contribution in [3.8, 4) is 28.0 Å². The van der Waals surface area contributed by atoms with Crippen molar-refractivity contribution in [3.05, 3.63) is 66.7 Å². The Labute approximate surface area is 174 Å². The lowest BCUT2D eigenvalue weighted by Crippen LogP contribution is -2.28. The van der Waals surface area contributed by atoms with E-state index < -0.39 is 12.0 Å². The fraction of sp³-hybridized carbons (Fsp3) is 0.174. The van der Waals surface area contributed by atoms with Crippen LogP contribution in [0.5, 0.6) is 5.75 Å². The summed E-state index contributed by atoms with van der Waals surface area (Å²) in [4.78, 5) is 25.4. The molecule has 0 fully saturated rings. The number of fused-ring (bicyclic) bond motifs is 1. The molecule has 0 saturated carbocycles. The highest BCUT2D eigenvalue weighted by Crippen LogP contribution is 2.32. The van der Waals surface area contributed by atoms with Crippen molar-refractivity contribution in [2.24, 2.45) is 0 Å². The third kappa shape index (κ3) is 3.62. The van der Waals surface area contributed by atoms with E-state index in [2.05, 4.69) is 15.0 Å². The van der Waals surface area contributed by atoms with Crippen LogP contribution < -0.4 is 4.74 Å². The molecule has 1 atom stereocenters. The van der Waals surface area contributed by atoms with Crippen molar-refractivity contribution in [2.75, 3.05) is 21.2 Å². The van der Waals surface area contributed by atoms with Crippen LogP contribution in [0.25, 0.3) is 33.3 Å². The van der Waals surface area contributed by atoms with Crippen molar-refractivity contribution in [2.45, 2.75) is 6.10 Å². The summed E-state index contributed by atoms with van der Waals surface area (Å²) >= 11 is 0. The van der Waals surface area contributed by atoms with Gasteiger partial charge in [-0.05, 0) is 29.8 Å². The van der Waals surface area contributed by atoms with Crippen molar-refractivity contribution in [1.29, 1.82) is 0 Å². The van der Waals surface area contributed by atoms with Crippen LogP contribution in [0.4, 0.5) is 0 Å². The maximum atomic E-state index is 12.1. The minimum Gasteiger partial charge on any atom is -0.497 e. The number of hydrogen-bond donors (Lipinski definition) is 2. The molecule has 152 valence electrons. The molecule has 1 amide bonds. The van der Waals surface area contributed by atoms with Crippen molar-refractivity contribution < 1.29 is 14.6 Å². The number of aliphatic hydroxyl groups excluding tert-OH is 1. The van der Waals surface area contributed by atoms with Gasteiger partial charge < -0.3 is 19.7 Å². The van der Waals surface area contributed by atoms with Gasteiger partial charge in [0.1, 0.15) is 11.4 Å². The number of amides is 1. The number of nitrogens with zero attached hydrogens (tertiary/aromatic N) is 3. The maximum Gasteiger partial charge on any atom is 0.255 e. The third-order valence-electron chi connectivity index (χ3n) is 5.02. The van der Waals surface area contributed by atoms with Crippen LogP contribution in [-0.4, -0.2) is 52.1 Å². The number of aromatic amines is 1. The van der Waals surface area contributed by atoms with Gasteiger partial charge in [-0.15, -0.1) is 0 Å². The van der Waals surface area contributed by atoms with Gasteiger partial charge in [-0.3, -0.25) is 9.78 Å². The zero-order chi connectivity index (χ0) is 21.3. The highest BCUT2D eigenvalue weighted by Gasteiger charge is 2.20. The second-order valence-electron chi connectivity index (χ2n) is 7.19. The number of likely N-dealkylation sites (N-methyl/N-ethyl adjacent to an activating group) is 1. The summed E-state index contributed by atoms with van der Waals surface area (Å²) in [5, 5.41) is 11.3. The number of benzene rings is 1. The summed E-state index contributed by atoms with van der Waals surface area (Å²) in [7, 11) is 4.85. The molecule has 1 aromatic carbocycles. The molecule has 0 aliphatic rings. The highest BCUT2D eigenvalue weighted by molar-refractivity contribution is 5.95. The van der Waals surface area contributed by atoms with Crippen LogP contribution in [0.2, 0.25) is 0 Å². The number of rotatable bonds is 5. The van der Waals surface area contributed by atoms with Crippen molar-refractivity contribution >= 4 is 16.9 Å². The lowest BCUT2D eigenvalue weighted by atomic mass is 10.0. The molecule has 0 radical (unpaired) electrons. The lowest BCUT2D eigenvalue weighted by Gasteiger charge is -2.16. The highest BCUT2D eigenvalue weighted by atomic mass is 16.5. The first-order chi connectivity index (χ1) is 14.5. The molecule has 1 unspecified atom stereocenters. The average Bonchev–Trinajstić information content (AvgIpc) is 3.21. The van der Waals surface area contributed by atoms with Crippen LogP contribution in [0.1, 0.15) is 11.7 Å². The van der Waals surface area contributed by atoms with Gasteiger partial charge in [0.2, 0.25) is 0 Å². The minimum absolute atomic E-state index is 0.394. The Kier molecular flexibility index (Phi) is 5.20. The van der Waals surface area contributed by atoms with Gasteiger partial charge in [0.15, 0.2) is 6.10 Å². The number of aromatic nitrogens is 3. The van der Waals surface area contributed by atoms with Crippen LogP contribution in [0.3, 0.4) is 0 Å². The molecule has 0 bridgehead atoms. The SMILES string of the molecule is COc1ccc(-c2c[nH]c3ncc(-c4cncc(C(O)C(=O)N(C)C)c4)cc23)cc1. The topological polar surface area (TPSA) is 91.3 Å². The molecule has 7 nitrogen and oxygen atoms in total. The molecule has 0 saturated heterocycles. The zero-order valence-electron chi connectivity index (χ0n) is 17.0. The fourth-order valence-corrected chi connectivity index (χ4v) is 3.32. The van der Waals surface area contributed by atoms with E-state index in [1.54, 1.807) is 39.7 Å². The number of hydrogen-bond acceptors (Lipinski definition) is 5. The van der Waals surface area contributed by atoms with E-state index in [9.17, 15) is 9.90 Å². The van der Waals surface area contributed by atoms with E-state index in [0.717, 1.165) is 39.0 Å². The van der Waals surface area contributed by atoms with E-state index in [1.165, 1.54) is 11.1 Å². The summed E-state index contributed by atoms with van der Waals surface area (Å²) in [5.74, 6) is 0.404. The maximum absolute atomic E-state index is 12.1. The van der Waals surface area contributed by atoms with Crippen LogP contribution in [-0.2, 0) is 4.79 Å². The van der Waals surface area contributed by atoms with Crippen LogP contribution in [0, 0.1) is 0 Å². The van der Waals surface area contributed by atoms with Crippen molar-refractivity contribution in [3.63, 3.8) is 0 Å². The van der Waals surface area contributed by atoms with Gasteiger partial charge in [0, 0.05) is 66.5 Å². The minimum atomic E-state index is -1.26. The Balaban J connectivity index is 1.73. The van der Waals surface area contributed by atoms with Crippen LogP contribution in [0.15, 0.2) is 61.2 Å². The summed E-state index contributed by atoms with van der Waals surface area (Å²) in [6.45, 7) is 0. The van der Waals surface area contributed by atoms with E-state index in [-0.39, 0.29) is 0 Å². The largest absolute Gasteiger partial charge is 0.497 e. The predicted molar refractivity (Wildman–Crippen MR) is 115 cm³/mol. The second kappa shape index (κ2) is 7.96. The molecule has 0 aliphatic heterocycles. The molecule has 4 rings (SSSR count). The molecular weight excluding hydrogens is 380 g/mol. The summed E-state index contributed by atoms with van der Waals surface area (Å²) in [6.07, 6.45) is 5.61. The lowest BCUT2D eigenvalue weighted by molar-refractivity contribution is -0.137. The molecule has 0 spiro atoms. The van der Waals surface area contributed by atoms with E-state index in [1.807, 2.05) is 36.5 Å². The predicted octanol–water partition coefficient (Wildman–Crippen LogP) is 3.42. The van der Waals surface area contributed by atoms with Gasteiger partial charge in [0.05, 0.1) is 7.11 Å². The number of carbonyl (C=O) groups is 1. The number of nitrogens with one attached hydrogen (secondary N) is 1. The Hall–Kier alpha value is -3.71.